The summed E-state index contributed by atoms with van der Waals surface area (Å²) >= 11 is 0. The highest BCUT2D eigenvalue weighted by atomic mass is 16.5. The lowest BCUT2D eigenvalue weighted by atomic mass is 10.0. The van der Waals surface area contributed by atoms with Gasteiger partial charge in [0.1, 0.15) is 11.5 Å². The molecule has 0 heterocycles. The van der Waals surface area contributed by atoms with Gasteiger partial charge in [0.15, 0.2) is 5.78 Å². The first-order chi connectivity index (χ1) is 13.1. The van der Waals surface area contributed by atoms with E-state index >= 15 is 0 Å². The molecule has 144 valence electrons. The molecular weight excluding hydrogens is 336 g/mol. The quantitative estimate of drug-likeness (QED) is 0.253. The zero-order valence-electron chi connectivity index (χ0n) is 16.5. The number of hydrogen-bond acceptors (Lipinski definition) is 3. The van der Waals surface area contributed by atoms with Gasteiger partial charge in [-0.05, 0) is 36.6 Å². The molecule has 2 aromatic rings. The lowest BCUT2D eigenvalue weighted by Crippen LogP contribution is -2.04. The molecule has 0 aliphatic carbocycles. The van der Waals surface area contributed by atoms with Crippen LogP contribution in [0.15, 0.2) is 48.5 Å². The highest BCUT2D eigenvalue weighted by molar-refractivity contribution is 6.07. The second kappa shape index (κ2) is 11.3. The molecule has 2 aromatic carbocycles. The van der Waals surface area contributed by atoms with Gasteiger partial charge in [-0.1, -0.05) is 75.4 Å². The van der Waals surface area contributed by atoms with Crippen LogP contribution in [0.4, 0.5) is 0 Å². The number of benzene rings is 2. The number of ether oxygens (including phenoxy) is 1. The fourth-order valence-electron chi connectivity index (χ4n) is 2.99. The molecule has 0 N–H and O–H groups in total. The molecule has 0 amide bonds. The van der Waals surface area contributed by atoms with Crippen molar-refractivity contribution in [2.45, 2.75) is 58.8 Å². The minimum Gasteiger partial charge on any atom is -0.494 e. The van der Waals surface area contributed by atoms with Crippen molar-refractivity contribution < 1.29 is 14.3 Å². The summed E-state index contributed by atoms with van der Waals surface area (Å²) in [6, 6.07) is 15.4. The standard InChI is InChI=1S/C24H30O3/c1-3-4-5-6-7-8-17-27-23-15-13-21(14-16-23)20-9-11-22(12-10-20)24(26)18-19(2)25/h9-16H,3-8,17-18H2,1-2H3. The largest absolute Gasteiger partial charge is 0.494 e. The average Bonchev–Trinajstić information content (AvgIpc) is 2.67. The molecule has 0 aromatic heterocycles. The normalized spacial score (nSPS) is 10.6. The fourth-order valence-corrected chi connectivity index (χ4v) is 2.99. The molecule has 2 rings (SSSR count). The molecular formula is C24H30O3. The van der Waals surface area contributed by atoms with E-state index in [9.17, 15) is 9.59 Å². The zero-order valence-corrected chi connectivity index (χ0v) is 16.5. The summed E-state index contributed by atoms with van der Waals surface area (Å²) in [6.07, 6.45) is 7.51. The van der Waals surface area contributed by atoms with Gasteiger partial charge in [0, 0.05) is 5.56 Å². The summed E-state index contributed by atoms with van der Waals surface area (Å²) in [5.74, 6) is 0.647. The Kier molecular flexibility index (Phi) is 8.76. The smallest absolute Gasteiger partial charge is 0.170 e. The molecule has 0 unspecified atom stereocenters. The minimum absolute atomic E-state index is 0.0377. The van der Waals surface area contributed by atoms with E-state index in [4.69, 9.17) is 4.74 Å². The molecule has 3 nitrogen and oxygen atoms in total. The van der Waals surface area contributed by atoms with Gasteiger partial charge in [0.05, 0.1) is 13.0 Å². The first kappa shape index (κ1) is 20.9. The summed E-state index contributed by atoms with van der Waals surface area (Å²) < 4.78 is 5.81. The molecule has 3 heteroatoms. The van der Waals surface area contributed by atoms with Crippen LogP contribution in [0.5, 0.6) is 5.75 Å². The predicted octanol–water partition coefficient (Wildman–Crippen LogP) is 6.25. The molecule has 0 saturated carbocycles. The molecule has 0 bridgehead atoms. The lowest BCUT2D eigenvalue weighted by Gasteiger charge is -2.08. The van der Waals surface area contributed by atoms with Gasteiger partial charge < -0.3 is 4.74 Å². The third kappa shape index (κ3) is 7.38. The Morgan fingerprint density at radius 2 is 1.33 bits per heavy atom. The van der Waals surface area contributed by atoms with Crippen LogP contribution < -0.4 is 4.74 Å². The molecule has 0 aliphatic rings. The number of unbranched alkanes of at least 4 members (excludes halogenated alkanes) is 5. The van der Waals surface area contributed by atoms with Gasteiger partial charge >= 0.3 is 0 Å². The van der Waals surface area contributed by atoms with Crippen molar-refractivity contribution in [3.63, 3.8) is 0 Å². The van der Waals surface area contributed by atoms with Crippen LogP contribution in [0.25, 0.3) is 11.1 Å². The van der Waals surface area contributed by atoms with Gasteiger partial charge in [-0.2, -0.15) is 0 Å². The topological polar surface area (TPSA) is 43.4 Å². The molecule has 0 atom stereocenters. The first-order valence-electron chi connectivity index (χ1n) is 9.96. The second-order valence-electron chi connectivity index (χ2n) is 7.02. The van der Waals surface area contributed by atoms with Crippen molar-refractivity contribution in [3.8, 4) is 16.9 Å². The van der Waals surface area contributed by atoms with Crippen molar-refractivity contribution in [3.05, 3.63) is 54.1 Å². The van der Waals surface area contributed by atoms with Crippen molar-refractivity contribution in [2.75, 3.05) is 6.61 Å². The second-order valence-corrected chi connectivity index (χ2v) is 7.02. The van der Waals surface area contributed by atoms with E-state index in [1.807, 2.05) is 36.4 Å². The van der Waals surface area contributed by atoms with E-state index in [1.165, 1.54) is 39.0 Å². The molecule has 0 fully saturated rings. The lowest BCUT2D eigenvalue weighted by molar-refractivity contribution is -0.116. The Balaban J connectivity index is 1.82. The van der Waals surface area contributed by atoms with Gasteiger partial charge in [-0.15, -0.1) is 0 Å². The maximum absolute atomic E-state index is 11.9. The predicted molar refractivity (Wildman–Crippen MR) is 110 cm³/mol. The van der Waals surface area contributed by atoms with E-state index < -0.39 is 0 Å². The maximum atomic E-state index is 11.9. The number of carbonyl (C=O) groups is 2. The monoisotopic (exact) mass is 366 g/mol. The Morgan fingerprint density at radius 3 is 1.93 bits per heavy atom. The number of hydrogen-bond donors (Lipinski definition) is 0. The minimum atomic E-state index is -0.132. The molecule has 0 aliphatic heterocycles. The number of rotatable bonds is 12. The van der Waals surface area contributed by atoms with Crippen molar-refractivity contribution >= 4 is 11.6 Å². The maximum Gasteiger partial charge on any atom is 0.170 e. The number of Topliss-reactive ketones (excluding diaryl/α,β-unsaturated/α-hetero) is 2. The summed E-state index contributed by atoms with van der Waals surface area (Å²) in [5, 5.41) is 0. The number of carbonyl (C=O) groups excluding carboxylic acids is 2. The fraction of sp³-hybridized carbons (Fsp3) is 0.417. The molecule has 27 heavy (non-hydrogen) atoms. The highest BCUT2D eigenvalue weighted by Gasteiger charge is 2.08. The Labute approximate surface area is 162 Å². The third-order valence-electron chi connectivity index (χ3n) is 4.57. The Bertz CT molecular complexity index is 714. The average molecular weight is 367 g/mol. The van der Waals surface area contributed by atoms with Crippen LogP contribution in [0.3, 0.4) is 0 Å². The van der Waals surface area contributed by atoms with E-state index in [0.717, 1.165) is 29.9 Å². The van der Waals surface area contributed by atoms with E-state index in [0.29, 0.717) is 5.56 Å². The molecule has 0 radical (unpaired) electrons. The number of ketones is 2. The SMILES string of the molecule is CCCCCCCCOc1ccc(-c2ccc(C(=O)CC(C)=O)cc2)cc1. The van der Waals surface area contributed by atoms with Crippen LogP contribution in [-0.4, -0.2) is 18.2 Å². The van der Waals surface area contributed by atoms with Gasteiger partial charge in [-0.25, -0.2) is 0 Å². The molecule has 0 spiro atoms. The van der Waals surface area contributed by atoms with Crippen LogP contribution in [0.1, 0.15) is 69.2 Å². The van der Waals surface area contributed by atoms with E-state index in [2.05, 4.69) is 6.92 Å². The van der Waals surface area contributed by atoms with Gasteiger partial charge in [0.25, 0.3) is 0 Å². The van der Waals surface area contributed by atoms with Gasteiger partial charge in [0.2, 0.25) is 0 Å². The third-order valence-corrected chi connectivity index (χ3v) is 4.57. The summed E-state index contributed by atoms with van der Waals surface area (Å²) in [6.45, 7) is 4.43. The van der Waals surface area contributed by atoms with E-state index in [-0.39, 0.29) is 18.0 Å². The van der Waals surface area contributed by atoms with Gasteiger partial charge in [-0.3, -0.25) is 9.59 Å². The van der Waals surface area contributed by atoms with Crippen molar-refractivity contribution in [1.29, 1.82) is 0 Å². The van der Waals surface area contributed by atoms with E-state index in [1.54, 1.807) is 12.1 Å². The summed E-state index contributed by atoms with van der Waals surface area (Å²) in [4.78, 5) is 23.0. The van der Waals surface area contributed by atoms with Crippen LogP contribution in [0.2, 0.25) is 0 Å². The Morgan fingerprint density at radius 1 is 0.778 bits per heavy atom. The highest BCUT2D eigenvalue weighted by Crippen LogP contribution is 2.23. The first-order valence-corrected chi connectivity index (χ1v) is 9.96. The van der Waals surface area contributed by atoms with Crippen LogP contribution >= 0.6 is 0 Å². The Hall–Kier alpha value is -2.42. The summed E-state index contributed by atoms with van der Waals surface area (Å²) in [7, 11) is 0. The van der Waals surface area contributed by atoms with Crippen LogP contribution in [0, 0.1) is 0 Å². The zero-order chi connectivity index (χ0) is 19.5. The summed E-state index contributed by atoms with van der Waals surface area (Å²) in [5.41, 5.74) is 2.69. The molecule has 0 saturated heterocycles. The van der Waals surface area contributed by atoms with Crippen molar-refractivity contribution in [2.24, 2.45) is 0 Å². The van der Waals surface area contributed by atoms with Crippen molar-refractivity contribution in [1.82, 2.24) is 0 Å². The van der Waals surface area contributed by atoms with Crippen LogP contribution in [-0.2, 0) is 4.79 Å².